The number of phosphoric acid groups is 1. The summed E-state index contributed by atoms with van der Waals surface area (Å²) in [5, 5.41) is 0. The van der Waals surface area contributed by atoms with E-state index >= 15 is 0 Å². The van der Waals surface area contributed by atoms with Crippen LogP contribution in [0.5, 0.6) is 0 Å². The third-order valence-corrected chi connectivity index (χ3v) is 5.17. The fourth-order valence-corrected chi connectivity index (χ4v) is 3.48. The molecule has 138 valence electrons. The van der Waals surface area contributed by atoms with Gasteiger partial charge >= 0.3 is 14.1 Å². The minimum Gasteiger partial charge on any atom is -0.606 e. The minimum absolute atomic E-state index is 0.0984. The highest BCUT2D eigenvalue weighted by Gasteiger charge is 2.37. The summed E-state index contributed by atoms with van der Waals surface area (Å²) in [5.41, 5.74) is 8.34. The van der Waals surface area contributed by atoms with Gasteiger partial charge in [0, 0.05) is 0 Å². The Bertz CT molecular complexity index is 714. The van der Waals surface area contributed by atoms with Crippen molar-refractivity contribution in [2.45, 2.75) is 25.9 Å². The highest BCUT2D eigenvalue weighted by Crippen LogP contribution is 2.56. The number of esters is 1. The molecular weight excluding hydrogens is 357 g/mol. The zero-order valence-corrected chi connectivity index (χ0v) is 15.0. The SMILES string of the molecule is N[C@@H](CO[P+]1([O-])OCc2ccccc2CO1)C(=O)OCc1ccccc1. The Morgan fingerprint density at radius 2 is 1.65 bits per heavy atom. The van der Waals surface area contributed by atoms with E-state index in [0.29, 0.717) is 0 Å². The normalized spacial score (nSPS) is 17.0. The lowest BCUT2D eigenvalue weighted by molar-refractivity contribution is -0.250. The molecule has 0 unspecified atom stereocenters. The molecule has 7 nitrogen and oxygen atoms in total. The third-order valence-electron chi connectivity index (χ3n) is 3.81. The number of hydrogen-bond donors (Lipinski definition) is 1. The minimum atomic E-state index is -3.80. The highest BCUT2D eigenvalue weighted by molar-refractivity contribution is 7.53. The lowest BCUT2D eigenvalue weighted by Gasteiger charge is -2.23. The predicted octanol–water partition coefficient (Wildman–Crippen LogP) is 1.86. The van der Waals surface area contributed by atoms with E-state index in [9.17, 15) is 9.69 Å². The van der Waals surface area contributed by atoms with Crippen LogP contribution in [0, 0.1) is 0 Å². The van der Waals surface area contributed by atoms with Gasteiger partial charge in [-0.1, -0.05) is 54.6 Å². The van der Waals surface area contributed by atoms with E-state index in [1.54, 1.807) is 0 Å². The summed E-state index contributed by atoms with van der Waals surface area (Å²) < 4.78 is 20.9. The number of phosphoric ester groups is 1. The molecule has 1 aliphatic rings. The summed E-state index contributed by atoms with van der Waals surface area (Å²) in [5.74, 6) is -0.654. The second-order valence-corrected chi connectivity index (χ2v) is 7.43. The zero-order valence-electron chi connectivity index (χ0n) is 14.1. The quantitative estimate of drug-likeness (QED) is 0.605. The molecule has 26 heavy (non-hydrogen) atoms. The van der Waals surface area contributed by atoms with Gasteiger partial charge in [0.15, 0.2) is 0 Å². The molecule has 0 spiro atoms. The lowest BCUT2D eigenvalue weighted by atomic mass is 10.1. The van der Waals surface area contributed by atoms with Crippen molar-refractivity contribution < 1.29 is 28.0 Å². The number of carbonyl (C=O) groups is 1. The molecule has 0 fully saturated rings. The first-order valence-electron chi connectivity index (χ1n) is 8.12. The first-order valence-corrected chi connectivity index (χ1v) is 9.58. The monoisotopic (exact) mass is 377 g/mol. The number of benzene rings is 2. The van der Waals surface area contributed by atoms with Gasteiger partial charge in [0.05, 0.1) is 0 Å². The van der Waals surface area contributed by atoms with Crippen LogP contribution in [0.2, 0.25) is 0 Å². The third kappa shape index (κ3) is 5.08. The Balaban J connectivity index is 1.47. The van der Waals surface area contributed by atoms with Crippen LogP contribution in [0.3, 0.4) is 0 Å². The highest BCUT2D eigenvalue weighted by atomic mass is 31.2. The number of hydrogen-bond acceptors (Lipinski definition) is 7. The Morgan fingerprint density at radius 3 is 2.27 bits per heavy atom. The summed E-state index contributed by atoms with van der Waals surface area (Å²) in [7, 11) is -3.80. The molecule has 0 aliphatic carbocycles. The van der Waals surface area contributed by atoms with Crippen LogP contribution in [0.1, 0.15) is 16.7 Å². The average Bonchev–Trinajstić information content (AvgIpc) is 2.85. The molecule has 1 aliphatic heterocycles. The molecule has 0 aromatic heterocycles. The van der Waals surface area contributed by atoms with Crippen molar-refractivity contribution in [1.29, 1.82) is 0 Å². The van der Waals surface area contributed by atoms with Crippen LogP contribution < -0.4 is 10.6 Å². The summed E-state index contributed by atoms with van der Waals surface area (Å²) in [6.45, 7) is -0.0309. The average molecular weight is 377 g/mol. The van der Waals surface area contributed by atoms with E-state index in [1.165, 1.54) is 0 Å². The van der Waals surface area contributed by atoms with Crippen molar-refractivity contribution in [3.8, 4) is 0 Å². The molecule has 0 saturated heterocycles. The summed E-state index contributed by atoms with van der Waals surface area (Å²) in [6.07, 6.45) is 0. The maximum atomic E-state index is 12.6. The molecule has 0 bridgehead atoms. The van der Waals surface area contributed by atoms with E-state index in [4.69, 9.17) is 24.0 Å². The van der Waals surface area contributed by atoms with E-state index in [2.05, 4.69) is 0 Å². The Morgan fingerprint density at radius 1 is 1.08 bits per heavy atom. The van der Waals surface area contributed by atoms with Gasteiger partial charge in [0.1, 0.15) is 32.5 Å². The number of ether oxygens (including phenoxy) is 1. The second kappa shape index (κ2) is 8.68. The van der Waals surface area contributed by atoms with Crippen molar-refractivity contribution in [2.24, 2.45) is 5.73 Å². The van der Waals surface area contributed by atoms with E-state index in [0.717, 1.165) is 16.7 Å². The fraction of sp³-hybridized carbons (Fsp3) is 0.278. The standard InChI is InChI=1S/C18H20NO6P/c19-17(18(20)22-10-14-6-2-1-3-7-14)13-25-26(21)23-11-15-8-4-5-9-16(15)12-24-26/h1-9,17H,10-13,19H2/t17-/m0/s1. The maximum Gasteiger partial charge on any atom is 0.380 e. The van der Waals surface area contributed by atoms with Gasteiger partial charge in [0.25, 0.3) is 0 Å². The maximum absolute atomic E-state index is 12.6. The summed E-state index contributed by atoms with van der Waals surface area (Å²) >= 11 is 0. The number of nitrogens with two attached hydrogens (primary N) is 1. The van der Waals surface area contributed by atoms with Crippen LogP contribution in [0.15, 0.2) is 54.6 Å². The molecule has 2 aromatic rings. The van der Waals surface area contributed by atoms with Gasteiger partial charge in [-0.15, -0.1) is 0 Å². The van der Waals surface area contributed by atoms with Crippen LogP contribution in [-0.4, -0.2) is 18.6 Å². The molecule has 8 heteroatoms. The second-order valence-electron chi connectivity index (χ2n) is 5.76. The molecule has 0 radical (unpaired) electrons. The molecule has 0 amide bonds. The van der Waals surface area contributed by atoms with Gasteiger partial charge in [0.2, 0.25) is 0 Å². The summed E-state index contributed by atoms with van der Waals surface area (Å²) in [6, 6.07) is 15.6. The molecule has 0 saturated carbocycles. The van der Waals surface area contributed by atoms with Crippen molar-refractivity contribution in [3.63, 3.8) is 0 Å². The van der Waals surface area contributed by atoms with E-state index in [-0.39, 0.29) is 26.4 Å². The first kappa shape index (κ1) is 18.9. The van der Waals surface area contributed by atoms with Crippen molar-refractivity contribution in [1.82, 2.24) is 0 Å². The van der Waals surface area contributed by atoms with Gasteiger partial charge in [-0.3, -0.25) is 4.79 Å². The Labute approximate surface area is 152 Å². The van der Waals surface area contributed by atoms with Crippen LogP contribution in [-0.2, 0) is 42.9 Å². The largest absolute Gasteiger partial charge is 0.606 e. The van der Waals surface area contributed by atoms with Gasteiger partial charge in [-0.05, 0) is 16.7 Å². The number of rotatable bonds is 6. The van der Waals surface area contributed by atoms with Crippen molar-refractivity contribution in [3.05, 3.63) is 71.3 Å². The first-order chi connectivity index (χ1) is 12.6. The predicted molar refractivity (Wildman–Crippen MR) is 93.1 cm³/mol. The molecule has 1 heterocycles. The van der Waals surface area contributed by atoms with Gasteiger partial charge < -0.3 is 15.4 Å². The number of carbonyl (C=O) groups excluding carboxylic acids is 1. The molecule has 2 aromatic carbocycles. The lowest BCUT2D eigenvalue weighted by Crippen LogP contribution is -2.37. The fourth-order valence-electron chi connectivity index (χ4n) is 2.32. The molecular formula is C18H20NO6P. The molecule has 3 rings (SSSR count). The summed E-state index contributed by atoms with van der Waals surface area (Å²) in [4.78, 5) is 24.5. The van der Waals surface area contributed by atoms with E-state index in [1.807, 2.05) is 54.6 Å². The zero-order chi connectivity index (χ0) is 18.4. The van der Waals surface area contributed by atoms with Crippen molar-refractivity contribution >= 4 is 14.1 Å². The van der Waals surface area contributed by atoms with Crippen LogP contribution in [0.25, 0.3) is 0 Å². The molecule has 2 N–H and O–H groups in total. The number of fused-ring (bicyclic) bond motifs is 1. The van der Waals surface area contributed by atoms with E-state index < -0.39 is 20.2 Å². The van der Waals surface area contributed by atoms with Gasteiger partial charge in [-0.25, -0.2) is 0 Å². The van der Waals surface area contributed by atoms with Gasteiger partial charge in [-0.2, -0.15) is 13.6 Å². The van der Waals surface area contributed by atoms with Crippen molar-refractivity contribution in [2.75, 3.05) is 6.61 Å². The van der Waals surface area contributed by atoms with Crippen LogP contribution in [0.4, 0.5) is 0 Å². The Hall–Kier alpha value is -1.86. The molecule has 1 atom stereocenters. The Kier molecular flexibility index (Phi) is 6.32. The smallest absolute Gasteiger partial charge is 0.380 e. The van der Waals surface area contributed by atoms with Crippen LogP contribution >= 0.6 is 8.17 Å². The topological polar surface area (TPSA) is 103 Å².